The Bertz CT molecular complexity index is 654. The molecule has 0 radical (unpaired) electrons. The molecule has 0 bridgehead atoms. The number of anilines is 1. The highest BCUT2D eigenvalue weighted by molar-refractivity contribution is 5.93. The number of carboxylic acids is 1. The third kappa shape index (κ3) is 3.16. The molecule has 2 heterocycles. The summed E-state index contributed by atoms with van der Waals surface area (Å²) in [4.78, 5) is 26.9. The van der Waals surface area contributed by atoms with Gasteiger partial charge in [0.15, 0.2) is 0 Å². The summed E-state index contributed by atoms with van der Waals surface area (Å²) in [6.07, 6.45) is 2.50. The van der Waals surface area contributed by atoms with Gasteiger partial charge < -0.3 is 14.4 Å². The summed E-state index contributed by atoms with van der Waals surface area (Å²) in [5.74, 6) is -0.329. The predicted molar refractivity (Wildman–Crippen MR) is 73.3 cm³/mol. The molecule has 0 aromatic carbocycles. The molecular formula is C13H13N3O5. The summed E-state index contributed by atoms with van der Waals surface area (Å²) in [5, 5.41) is 19.9. The molecule has 0 unspecified atom stereocenters. The summed E-state index contributed by atoms with van der Waals surface area (Å²) in [7, 11) is 0. The maximum absolute atomic E-state index is 11.1. The molecule has 2 aromatic rings. The van der Waals surface area contributed by atoms with Crippen molar-refractivity contribution in [3.05, 3.63) is 52.1 Å². The molecular weight excluding hydrogens is 278 g/mol. The van der Waals surface area contributed by atoms with Crippen LogP contribution in [0.1, 0.15) is 23.0 Å². The Labute approximate surface area is 119 Å². The maximum atomic E-state index is 11.1. The second-order valence-electron chi connectivity index (χ2n) is 4.22. The molecule has 0 aliphatic carbocycles. The van der Waals surface area contributed by atoms with Gasteiger partial charge in [0.2, 0.25) is 0 Å². The molecule has 8 heteroatoms. The Morgan fingerprint density at radius 1 is 1.57 bits per heavy atom. The van der Waals surface area contributed by atoms with Gasteiger partial charge in [0.1, 0.15) is 23.3 Å². The van der Waals surface area contributed by atoms with E-state index in [1.54, 1.807) is 17.0 Å². The van der Waals surface area contributed by atoms with Crippen molar-refractivity contribution in [1.82, 2.24) is 4.98 Å². The van der Waals surface area contributed by atoms with Crippen LogP contribution in [-0.4, -0.2) is 27.5 Å². The second kappa shape index (κ2) is 6.04. The first-order valence-electron chi connectivity index (χ1n) is 6.18. The van der Waals surface area contributed by atoms with Gasteiger partial charge in [0, 0.05) is 12.6 Å². The van der Waals surface area contributed by atoms with Crippen molar-refractivity contribution in [2.75, 3.05) is 11.4 Å². The highest BCUT2D eigenvalue weighted by Gasteiger charge is 2.22. The van der Waals surface area contributed by atoms with Gasteiger partial charge in [0.25, 0.3) is 0 Å². The monoisotopic (exact) mass is 291 g/mol. The topological polar surface area (TPSA) is 110 Å². The van der Waals surface area contributed by atoms with Gasteiger partial charge in [0.05, 0.1) is 17.7 Å². The van der Waals surface area contributed by atoms with E-state index in [2.05, 4.69) is 4.98 Å². The van der Waals surface area contributed by atoms with Gasteiger partial charge >= 0.3 is 11.7 Å². The fraction of sp³-hybridized carbons (Fsp3) is 0.231. The van der Waals surface area contributed by atoms with Crippen LogP contribution >= 0.6 is 0 Å². The smallest absolute Gasteiger partial charge is 0.342 e. The normalized spacial score (nSPS) is 10.3. The lowest BCUT2D eigenvalue weighted by Crippen LogP contribution is -2.23. The van der Waals surface area contributed by atoms with Crippen LogP contribution < -0.4 is 4.90 Å². The van der Waals surface area contributed by atoms with Gasteiger partial charge in [-0.15, -0.1) is 0 Å². The number of aromatic carboxylic acids is 1. The number of aromatic nitrogens is 1. The zero-order valence-electron chi connectivity index (χ0n) is 11.2. The lowest BCUT2D eigenvalue weighted by atomic mass is 10.2. The number of rotatable bonds is 6. The van der Waals surface area contributed by atoms with E-state index < -0.39 is 16.6 Å². The molecule has 1 N–H and O–H groups in total. The third-order valence-electron chi connectivity index (χ3n) is 2.93. The molecule has 0 saturated heterocycles. The molecule has 0 fully saturated rings. The number of furan rings is 1. The van der Waals surface area contributed by atoms with Crippen LogP contribution in [-0.2, 0) is 6.54 Å². The van der Waals surface area contributed by atoms with Crippen LogP contribution in [0.3, 0.4) is 0 Å². The minimum absolute atomic E-state index is 0.344. The van der Waals surface area contributed by atoms with Crippen molar-refractivity contribution < 1.29 is 19.2 Å². The molecule has 0 amide bonds. The number of carbonyl (C=O) groups is 1. The predicted octanol–water partition coefficient (Wildman–Crippen LogP) is 2.31. The maximum Gasteiger partial charge on any atom is 0.342 e. The number of nitro groups is 1. The second-order valence-corrected chi connectivity index (χ2v) is 4.22. The Balaban J connectivity index is 2.35. The minimum atomic E-state index is -1.36. The van der Waals surface area contributed by atoms with Gasteiger partial charge in [-0.25, -0.2) is 9.78 Å². The average Bonchev–Trinajstić information content (AvgIpc) is 2.97. The molecule has 0 atom stereocenters. The van der Waals surface area contributed by atoms with E-state index in [4.69, 9.17) is 9.52 Å². The number of hydrogen-bond donors (Lipinski definition) is 1. The van der Waals surface area contributed by atoms with E-state index in [9.17, 15) is 14.9 Å². The van der Waals surface area contributed by atoms with Crippen molar-refractivity contribution in [3.63, 3.8) is 0 Å². The first-order chi connectivity index (χ1) is 10.0. The van der Waals surface area contributed by atoms with Crippen LogP contribution in [0, 0.1) is 10.1 Å². The van der Waals surface area contributed by atoms with Crippen LogP contribution in [0.15, 0.2) is 35.1 Å². The van der Waals surface area contributed by atoms with E-state index in [1.807, 2.05) is 6.92 Å². The van der Waals surface area contributed by atoms with E-state index >= 15 is 0 Å². The summed E-state index contributed by atoms with van der Waals surface area (Å²) >= 11 is 0. The van der Waals surface area contributed by atoms with Gasteiger partial charge in [-0.3, -0.25) is 10.1 Å². The van der Waals surface area contributed by atoms with Crippen LogP contribution in [0.5, 0.6) is 0 Å². The van der Waals surface area contributed by atoms with Gasteiger partial charge in [-0.1, -0.05) is 0 Å². The molecule has 21 heavy (non-hydrogen) atoms. The van der Waals surface area contributed by atoms with Crippen molar-refractivity contribution in [1.29, 1.82) is 0 Å². The first kappa shape index (κ1) is 14.5. The summed E-state index contributed by atoms with van der Waals surface area (Å²) in [5.41, 5.74) is -0.914. The number of hydrogen-bond acceptors (Lipinski definition) is 6. The Hall–Kier alpha value is -2.90. The fourth-order valence-corrected chi connectivity index (χ4v) is 1.87. The molecule has 0 aliphatic rings. The zero-order chi connectivity index (χ0) is 15.4. The molecule has 0 aliphatic heterocycles. The van der Waals surface area contributed by atoms with E-state index in [0.717, 1.165) is 6.20 Å². The van der Waals surface area contributed by atoms with Gasteiger partial charge in [-0.05, 0) is 19.1 Å². The largest absolute Gasteiger partial charge is 0.477 e. The van der Waals surface area contributed by atoms with Crippen LogP contribution in [0.25, 0.3) is 0 Å². The molecule has 0 saturated carbocycles. The number of nitrogens with zero attached hydrogens (tertiary/aromatic N) is 3. The minimum Gasteiger partial charge on any atom is -0.477 e. The lowest BCUT2D eigenvalue weighted by Gasteiger charge is -2.20. The van der Waals surface area contributed by atoms with Gasteiger partial charge in [-0.2, -0.15) is 0 Å². The number of pyridine rings is 1. The molecule has 0 spiro atoms. The Morgan fingerprint density at radius 2 is 2.33 bits per heavy atom. The quantitative estimate of drug-likeness (QED) is 0.642. The van der Waals surface area contributed by atoms with E-state index in [-0.39, 0.29) is 5.56 Å². The molecule has 110 valence electrons. The van der Waals surface area contributed by atoms with E-state index in [1.165, 1.54) is 12.3 Å². The number of carboxylic acid groups (broad SMARTS) is 1. The van der Waals surface area contributed by atoms with Crippen molar-refractivity contribution in [3.8, 4) is 0 Å². The standard InChI is InChI=1S/C13H13N3O5/c1-2-15(8-9-4-3-5-21-9)12-6-10(13(17)18)11(7-14-12)16(19)20/h3-7H,2,8H2,1H3,(H,17,18). The average molecular weight is 291 g/mol. The summed E-state index contributed by atoms with van der Waals surface area (Å²) < 4.78 is 5.23. The first-order valence-corrected chi connectivity index (χ1v) is 6.18. The van der Waals surface area contributed by atoms with Crippen LogP contribution in [0.4, 0.5) is 11.5 Å². The van der Waals surface area contributed by atoms with Crippen molar-refractivity contribution in [2.45, 2.75) is 13.5 Å². The molecule has 8 nitrogen and oxygen atoms in total. The Kier molecular flexibility index (Phi) is 4.17. The van der Waals surface area contributed by atoms with Crippen LogP contribution in [0.2, 0.25) is 0 Å². The highest BCUT2D eigenvalue weighted by Crippen LogP contribution is 2.23. The Morgan fingerprint density at radius 3 is 2.86 bits per heavy atom. The lowest BCUT2D eigenvalue weighted by molar-refractivity contribution is -0.385. The third-order valence-corrected chi connectivity index (χ3v) is 2.93. The zero-order valence-corrected chi connectivity index (χ0v) is 11.2. The van der Waals surface area contributed by atoms with Crippen molar-refractivity contribution in [2.24, 2.45) is 0 Å². The summed E-state index contributed by atoms with van der Waals surface area (Å²) in [6, 6.07) is 4.73. The fourth-order valence-electron chi connectivity index (χ4n) is 1.87. The SMILES string of the molecule is CCN(Cc1ccco1)c1cc(C(=O)O)c([N+](=O)[O-])cn1. The summed E-state index contributed by atoms with van der Waals surface area (Å²) in [6.45, 7) is 2.81. The highest BCUT2D eigenvalue weighted by atomic mass is 16.6. The molecule has 2 rings (SSSR count). The van der Waals surface area contributed by atoms with Crippen molar-refractivity contribution >= 4 is 17.5 Å². The molecule has 2 aromatic heterocycles. The van der Waals surface area contributed by atoms with E-state index in [0.29, 0.717) is 24.7 Å².